The Kier molecular flexibility index (Phi) is 3.62. The lowest BCUT2D eigenvalue weighted by molar-refractivity contribution is -0.129. The van der Waals surface area contributed by atoms with Crippen LogP contribution in [-0.4, -0.2) is 15.9 Å². The molecule has 0 aliphatic carbocycles. The van der Waals surface area contributed by atoms with E-state index in [1.807, 2.05) is 34.6 Å². The Bertz CT molecular complexity index is 382. The normalized spacial score (nSPS) is 13.3. The minimum absolute atomic E-state index is 0.0308. The van der Waals surface area contributed by atoms with E-state index in [0.29, 0.717) is 0 Å². The second-order valence-corrected chi connectivity index (χ2v) is 5.01. The molecular weight excluding hydrogens is 202 g/mol. The molecule has 1 rings (SSSR count). The molecule has 1 amide bonds. The molecule has 1 N–H and O–H groups in total. The van der Waals surface area contributed by atoms with Crippen molar-refractivity contribution in [3.8, 4) is 0 Å². The quantitative estimate of drug-likeness (QED) is 0.831. The van der Waals surface area contributed by atoms with Gasteiger partial charge in [-0.3, -0.25) is 4.79 Å². The Balaban J connectivity index is 2.78. The number of carbonyl (C=O) groups excluding carboxylic acids is 1. The van der Waals surface area contributed by atoms with Crippen LogP contribution < -0.4 is 5.32 Å². The van der Waals surface area contributed by atoms with E-state index >= 15 is 0 Å². The maximum Gasteiger partial charge on any atom is 0.225 e. The van der Waals surface area contributed by atoms with Crippen molar-refractivity contribution in [2.24, 2.45) is 5.41 Å². The van der Waals surface area contributed by atoms with Crippen LogP contribution in [0.2, 0.25) is 0 Å². The molecule has 0 spiro atoms. The zero-order chi connectivity index (χ0) is 12.3. The van der Waals surface area contributed by atoms with Crippen molar-refractivity contribution in [3.63, 3.8) is 0 Å². The molecule has 0 bridgehead atoms. The first-order valence-corrected chi connectivity index (χ1v) is 5.40. The third kappa shape index (κ3) is 3.02. The van der Waals surface area contributed by atoms with E-state index in [2.05, 4.69) is 15.3 Å². The molecule has 1 heterocycles. The summed E-state index contributed by atoms with van der Waals surface area (Å²) >= 11 is 0. The van der Waals surface area contributed by atoms with Crippen molar-refractivity contribution >= 4 is 5.91 Å². The summed E-state index contributed by atoms with van der Waals surface area (Å²) in [7, 11) is 0. The van der Waals surface area contributed by atoms with Crippen molar-refractivity contribution in [3.05, 3.63) is 23.8 Å². The maximum atomic E-state index is 11.8. The highest BCUT2D eigenvalue weighted by molar-refractivity contribution is 5.81. The molecule has 1 aromatic rings. The van der Waals surface area contributed by atoms with Gasteiger partial charge in [0.15, 0.2) is 0 Å². The van der Waals surface area contributed by atoms with E-state index in [0.717, 1.165) is 11.3 Å². The van der Waals surface area contributed by atoms with Gasteiger partial charge in [-0.2, -0.15) is 0 Å². The molecule has 0 radical (unpaired) electrons. The predicted molar refractivity (Wildman–Crippen MR) is 62.8 cm³/mol. The number of nitrogens with zero attached hydrogens (tertiary/aromatic N) is 2. The van der Waals surface area contributed by atoms with E-state index in [9.17, 15) is 4.79 Å². The van der Waals surface area contributed by atoms with Gasteiger partial charge in [0.1, 0.15) is 6.33 Å². The third-order valence-corrected chi connectivity index (χ3v) is 2.44. The fourth-order valence-corrected chi connectivity index (χ4v) is 1.32. The van der Waals surface area contributed by atoms with Gasteiger partial charge < -0.3 is 5.32 Å². The highest BCUT2D eigenvalue weighted by Crippen LogP contribution is 2.18. The topological polar surface area (TPSA) is 54.9 Å². The third-order valence-electron chi connectivity index (χ3n) is 2.44. The molecule has 16 heavy (non-hydrogen) atoms. The summed E-state index contributed by atoms with van der Waals surface area (Å²) in [6.07, 6.45) is 3.26. The van der Waals surface area contributed by atoms with Crippen LogP contribution in [-0.2, 0) is 4.79 Å². The highest BCUT2D eigenvalue weighted by Gasteiger charge is 2.23. The van der Waals surface area contributed by atoms with Crippen LogP contribution in [0.3, 0.4) is 0 Å². The molecule has 88 valence electrons. The lowest BCUT2D eigenvalue weighted by Crippen LogP contribution is -2.36. The van der Waals surface area contributed by atoms with Gasteiger partial charge in [-0.05, 0) is 13.8 Å². The highest BCUT2D eigenvalue weighted by atomic mass is 16.2. The molecule has 4 heteroatoms. The van der Waals surface area contributed by atoms with E-state index in [1.54, 1.807) is 6.20 Å². The smallest absolute Gasteiger partial charge is 0.225 e. The largest absolute Gasteiger partial charge is 0.349 e. The molecule has 0 aliphatic heterocycles. The summed E-state index contributed by atoms with van der Waals surface area (Å²) in [4.78, 5) is 19.9. The SMILES string of the molecule is Cc1ncncc1[C@@H](C)NC(=O)C(C)(C)C. The standard InChI is InChI=1S/C12H19N3O/c1-8-10(6-13-7-14-8)9(2)15-11(16)12(3,4)5/h6-7,9H,1-5H3,(H,15,16)/t9-/m1/s1. The summed E-state index contributed by atoms with van der Waals surface area (Å²) in [6, 6.07) is -0.0621. The number of aromatic nitrogens is 2. The van der Waals surface area contributed by atoms with Crippen molar-refractivity contribution in [1.29, 1.82) is 0 Å². The summed E-state index contributed by atoms with van der Waals surface area (Å²) in [5.74, 6) is 0.0308. The van der Waals surface area contributed by atoms with Crippen molar-refractivity contribution in [2.45, 2.75) is 40.7 Å². The van der Waals surface area contributed by atoms with E-state index in [4.69, 9.17) is 0 Å². The monoisotopic (exact) mass is 221 g/mol. The van der Waals surface area contributed by atoms with Crippen LogP contribution in [0.4, 0.5) is 0 Å². The lowest BCUT2D eigenvalue weighted by Gasteiger charge is -2.22. The second kappa shape index (κ2) is 4.60. The molecule has 1 aromatic heterocycles. The Morgan fingerprint density at radius 3 is 2.56 bits per heavy atom. The molecule has 0 aliphatic rings. The van der Waals surface area contributed by atoms with Gasteiger partial charge in [0.05, 0.1) is 6.04 Å². The van der Waals surface area contributed by atoms with Crippen LogP contribution in [0.15, 0.2) is 12.5 Å². The average molecular weight is 221 g/mol. The Hall–Kier alpha value is -1.45. The summed E-state index contributed by atoms with van der Waals surface area (Å²) in [5, 5.41) is 2.96. The molecule has 0 saturated carbocycles. The number of nitrogens with one attached hydrogen (secondary N) is 1. The van der Waals surface area contributed by atoms with Crippen molar-refractivity contribution in [2.75, 3.05) is 0 Å². The number of rotatable bonds is 2. The number of amides is 1. The van der Waals surface area contributed by atoms with Gasteiger partial charge in [0.2, 0.25) is 5.91 Å². The van der Waals surface area contributed by atoms with Crippen LogP contribution in [0.5, 0.6) is 0 Å². The van der Waals surface area contributed by atoms with Crippen LogP contribution in [0, 0.1) is 12.3 Å². The molecule has 1 atom stereocenters. The van der Waals surface area contributed by atoms with E-state index in [1.165, 1.54) is 6.33 Å². The number of hydrogen-bond donors (Lipinski definition) is 1. The average Bonchev–Trinajstić information content (AvgIpc) is 2.16. The first-order valence-electron chi connectivity index (χ1n) is 5.40. The van der Waals surface area contributed by atoms with Gasteiger partial charge >= 0.3 is 0 Å². The maximum absolute atomic E-state index is 11.8. The first kappa shape index (κ1) is 12.6. The summed E-state index contributed by atoms with van der Waals surface area (Å²) in [6.45, 7) is 9.53. The van der Waals surface area contributed by atoms with Gasteiger partial charge in [-0.25, -0.2) is 9.97 Å². The van der Waals surface area contributed by atoms with Gasteiger partial charge in [-0.1, -0.05) is 20.8 Å². The molecule has 0 aromatic carbocycles. The van der Waals surface area contributed by atoms with E-state index < -0.39 is 0 Å². The van der Waals surface area contributed by atoms with Gasteiger partial charge in [0, 0.05) is 22.9 Å². The Morgan fingerprint density at radius 2 is 2.06 bits per heavy atom. The molecule has 0 saturated heterocycles. The van der Waals surface area contributed by atoms with Crippen molar-refractivity contribution in [1.82, 2.24) is 15.3 Å². The number of aryl methyl sites for hydroxylation is 1. The Morgan fingerprint density at radius 1 is 1.44 bits per heavy atom. The fourth-order valence-electron chi connectivity index (χ4n) is 1.32. The lowest BCUT2D eigenvalue weighted by atomic mass is 9.95. The zero-order valence-corrected chi connectivity index (χ0v) is 10.5. The minimum Gasteiger partial charge on any atom is -0.349 e. The summed E-state index contributed by atoms with van der Waals surface area (Å²) < 4.78 is 0. The Labute approximate surface area is 96.5 Å². The van der Waals surface area contributed by atoms with Crippen molar-refractivity contribution < 1.29 is 4.79 Å². The first-order chi connectivity index (χ1) is 7.32. The molecule has 0 fully saturated rings. The van der Waals surface area contributed by atoms with Gasteiger partial charge in [-0.15, -0.1) is 0 Å². The van der Waals surface area contributed by atoms with Crippen LogP contribution in [0.25, 0.3) is 0 Å². The molecular formula is C12H19N3O. The van der Waals surface area contributed by atoms with E-state index in [-0.39, 0.29) is 17.4 Å². The van der Waals surface area contributed by atoms with Crippen LogP contribution >= 0.6 is 0 Å². The number of hydrogen-bond acceptors (Lipinski definition) is 3. The van der Waals surface area contributed by atoms with Gasteiger partial charge in [0.25, 0.3) is 0 Å². The zero-order valence-electron chi connectivity index (χ0n) is 10.5. The second-order valence-electron chi connectivity index (χ2n) is 5.01. The summed E-state index contributed by atoms with van der Waals surface area (Å²) in [5.41, 5.74) is 1.48. The number of carbonyl (C=O) groups is 1. The molecule has 4 nitrogen and oxygen atoms in total. The van der Waals surface area contributed by atoms with Crippen LogP contribution in [0.1, 0.15) is 45.0 Å². The minimum atomic E-state index is -0.377. The molecule has 0 unspecified atom stereocenters. The fraction of sp³-hybridized carbons (Fsp3) is 0.583. The predicted octanol–water partition coefficient (Wildman–Crippen LogP) is 2.01.